The molecular weight excluding hydrogens is 364 g/mol. The van der Waals surface area contributed by atoms with E-state index in [2.05, 4.69) is 24.3 Å². The maximum absolute atomic E-state index is 12.6. The SMILES string of the molecule is O=C(CCN1C(=O)[C@H]2CCCC[C@@H]2C1=O)N1CCC(CCc2ccccc2)CC1. The molecule has 0 spiro atoms. The Morgan fingerprint density at radius 1 is 0.897 bits per heavy atom. The molecule has 0 aromatic heterocycles. The topological polar surface area (TPSA) is 57.7 Å². The monoisotopic (exact) mass is 396 g/mol. The van der Waals surface area contributed by atoms with Gasteiger partial charge in [-0.05, 0) is 50.0 Å². The van der Waals surface area contributed by atoms with Crippen molar-refractivity contribution in [3.8, 4) is 0 Å². The minimum Gasteiger partial charge on any atom is -0.343 e. The molecule has 2 heterocycles. The quantitative estimate of drug-likeness (QED) is 0.692. The summed E-state index contributed by atoms with van der Waals surface area (Å²) in [4.78, 5) is 41.1. The molecule has 3 amide bonds. The number of piperidine rings is 1. The first-order chi connectivity index (χ1) is 14.1. The van der Waals surface area contributed by atoms with Crippen LogP contribution < -0.4 is 0 Å². The molecule has 1 saturated carbocycles. The summed E-state index contributed by atoms with van der Waals surface area (Å²) in [5, 5.41) is 0. The molecule has 3 fully saturated rings. The minimum absolute atomic E-state index is 0.0351. The number of aryl methyl sites for hydroxylation is 1. The van der Waals surface area contributed by atoms with Crippen molar-refractivity contribution >= 4 is 17.7 Å². The lowest BCUT2D eigenvalue weighted by Crippen LogP contribution is -2.41. The van der Waals surface area contributed by atoms with Gasteiger partial charge in [0.05, 0.1) is 11.8 Å². The van der Waals surface area contributed by atoms with Crippen LogP contribution in [0.2, 0.25) is 0 Å². The number of hydrogen-bond donors (Lipinski definition) is 0. The first kappa shape index (κ1) is 20.1. The van der Waals surface area contributed by atoms with Crippen LogP contribution >= 0.6 is 0 Å². The molecule has 1 aromatic carbocycles. The fraction of sp³-hybridized carbons (Fsp3) is 0.625. The van der Waals surface area contributed by atoms with Crippen LogP contribution in [0.5, 0.6) is 0 Å². The molecule has 3 aliphatic rings. The fourth-order valence-corrected chi connectivity index (χ4v) is 5.30. The zero-order chi connectivity index (χ0) is 20.2. The number of likely N-dealkylation sites (tertiary alicyclic amines) is 2. The highest BCUT2D eigenvalue weighted by molar-refractivity contribution is 6.05. The van der Waals surface area contributed by atoms with E-state index in [4.69, 9.17) is 0 Å². The predicted molar refractivity (Wildman–Crippen MR) is 111 cm³/mol. The van der Waals surface area contributed by atoms with Gasteiger partial charge in [0.2, 0.25) is 17.7 Å². The van der Waals surface area contributed by atoms with Crippen molar-refractivity contribution < 1.29 is 14.4 Å². The van der Waals surface area contributed by atoms with Gasteiger partial charge < -0.3 is 4.90 Å². The number of benzene rings is 1. The Morgan fingerprint density at radius 3 is 2.14 bits per heavy atom. The molecule has 2 atom stereocenters. The molecule has 0 N–H and O–H groups in total. The van der Waals surface area contributed by atoms with Gasteiger partial charge in [-0.25, -0.2) is 0 Å². The number of nitrogens with zero attached hydrogens (tertiary/aromatic N) is 2. The van der Waals surface area contributed by atoms with Crippen molar-refractivity contribution in [2.75, 3.05) is 19.6 Å². The number of carbonyl (C=O) groups is 3. The van der Waals surface area contributed by atoms with E-state index in [9.17, 15) is 14.4 Å². The molecule has 29 heavy (non-hydrogen) atoms. The van der Waals surface area contributed by atoms with Gasteiger partial charge in [0.1, 0.15) is 0 Å². The van der Waals surface area contributed by atoms with Crippen LogP contribution in [-0.2, 0) is 20.8 Å². The van der Waals surface area contributed by atoms with Crippen LogP contribution in [-0.4, -0.2) is 47.2 Å². The molecule has 5 nitrogen and oxygen atoms in total. The van der Waals surface area contributed by atoms with Crippen LogP contribution in [0.25, 0.3) is 0 Å². The molecule has 156 valence electrons. The summed E-state index contributed by atoms with van der Waals surface area (Å²) in [5.74, 6) is 0.448. The summed E-state index contributed by atoms with van der Waals surface area (Å²) in [6.07, 6.45) is 8.36. The fourth-order valence-electron chi connectivity index (χ4n) is 5.30. The van der Waals surface area contributed by atoms with Crippen LogP contribution in [0.15, 0.2) is 30.3 Å². The molecule has 1 aromatic rings. The highest BCUT2D eigenvalue weighted by atomic mass is 16.2. The normalized spacial score (nSPS) is 25.4. The first-order valence-corrected chi connectivity index (χ1v) is 11.3. The van der Waals surface area contributed by atoms with Gasteiger partial charge in [-0.2, -0.15) is 0 Å². The number of amides is 3. The van der Waals surface area contributed by atoms with Gasteiger partial charge in [0, 0.05) is 26.1 Å². The van der Waals surface area contributed by atoms with Crippen molar-refractivity contribution in [3.05, 3.63) is 35.9 Å². The summed E-state index contributed by atoms with van der Waals surface area (Å²) in [5.41, 5.74) is 1.38. The van der Waals surface area contributed by atoms with E-state index in [1.165, 1.54) is 16.9 Å². The Morgan fingerprint density at radius 2 is 1.52 bits per heavy atom. The molecule has 0 bridgehead atoms. The summed E-state index contributed by atoms with van der Waals surface area (Å²) in [6, 6.07) is 10.6. The van der Waals surface area contributed by atoms with Crippen molar-refractivity contribution in [1.82, 2.24) is 9.80 Å². The minimum atomic E-state index is -0.119. The van der Waals surface area contributed by atoms with Crippen LogP contribution in [0.1, 0.15) is 56.9 Å². The number of carbonyl (C=O) groups excluding carboxylic acids is 3. The predicted octanol–water partition coefficient (Wildman–Crippen LogP) is 3.42. The van der Waals surface area contributed by atoms with Crippen LogP contribution in [0.3, 0.4) is 0 Å². The lowest BCUT2D eigenvalue weighted by atomic mass is 9.81. The Hall–Kier alpha value is -2.17. The van der Waals surface area contributed by atoms with Gasteiger partial charge in [0.25, 0.3) is 0 Å². The summed E-state index contributed by atoms with van der Waals surface area (Å²) < 4.78 is 0. The second-order valence-corrected chi connectivity index (χ2v) is 8.92. The number of rotatable bonds is 6. The summed E-state index contributed by atoms with van der Waals surface area (Å²) >= 11 is 0. The Bertz CT molecular complexity index is 716. The van der Waals surface area contributed by atoms with Gasteiger partial charge >= 0.3 is 0 Å². The third-order valence-corrected chi connectivity index (χ3v) is 7.13. The highest BCUT2D eigenvalue weighted by Crippen LogP contribution is 2.38. The lowest BCUT2D eigenvalue weighted by molar-refractivity contribution is -0.141. The lowest BCUT2D eigenvalue weighted by Gasteiger charge is -2.32. The van der Waals surface area contributed by atoms with Crippen molar-refractivity contribution in [1.29, 1.82) is 0 Å². The average Bonchev–Trinajstić information content (AvgIpc) is 3.02. The van der Waals surface area contributed by atoms with E-state index in [1.807, 2.05) is 11.0 Å². The van der Waals surface area contributed by atoms with Crippen molar-refractivity contribution in [2.24, 2.45) is 17.8 Å². The van der Waals surface area contributed by atoms with Crippen molar-refractivity contribution in [3.63, 3.8) is 0 Å². The molecule has 2 aliphatic heterocycles. The second kappa shape index (κ2) is 9.10. The average molecular weight is 397 g/mol. The van der Waals surface area contributed by atoms with E-state index < -0.39 is 0 Å². The number of fused-ring (bicyclic) bond motifs is 1. The number of imide groups is 1. The van der Waals surface area contributed by atoms with E-state index in [0.29, 0.717) is 5.92 Å². The van der Waals surface area contributed by atoms with E-state index in [-0.39, 0.29) is 42.5 Å². The Balaban J connectivity index is 1.20. The summed E-state index contributed by atoms with van der Waals surface area (Å²) in [7, 11) is 0. The Kier molecular flexibility index (Phi) is 6.31. The van der Waals surface area contributed by atoms with E-state index >= 15 is 0 Å². The Labute approximate surface area is 173 Å². The maximum Gasteiger partial charge on any atom is 0.233 e. The molecule has 4 rings (SSSR count). The van der Waals surface area contributed by atoms with Crippen LogP contribution in [0.4, 0.5) is 0 Å². The largest absolute Gasteiger partial charge is 0.343 e. The third kappa shape index (κ3) is 4.54. The third-order valence-electron chi connectivity index (χ3n) is 7.13. The first-order valence-electron chi connectivity index (χ1n) is 11.3. The smallest absolute Gasteiger partial charge is 0.233 e. The standard InChI is InChI=1S/C24H32N2O3/c27-22(14-17-26-23(28)20-8-4-5-9-21(20)24(26)29)25-15-12-19(13-16-25)11-10-18-6-2-1-3-7-18/h1-3,6-7,19-21H,4-5,8-17H2/t20-,21-/m0/s1. The number of hydrogen-bond acceptors (Lipinski definition) is 3. The highest BCUT2D eigenvalue weighted by Gasteiger charge is 2.47. The van der Waals surface area contributed by atoms with Crippen LogP contribution in [0, 0.1) is 17.8 Å². The molecule has 1 aliphatic carbocycles. The van der Waals surface area contributed by atoms with Gasteiger partial charge in [-0.15, -0.1) is 0 Å². The molecule has 0 radical (unpaired) electrons. The van der Waals surface area contributed by atoms with Gasteiger partial charge in [-0.3, -0.25) is 19.3 Å². The molecule has 5 heteroatoms. The molecule has 2 saturated heterocycles. The van der Waals surface area contributed by atoms with Gasteiger partial charge in [-0.1, -0.05) is 43.2 Å². The second-order valence-electron chi connectivity index (χ2n) is 8.92. The zero-order valence-electron chi connectivity index (χ0n) is 17.2. The van der Waals surface area contributed by atoms with Crippen molar-refractivity contribution in [2.45, 2.75) is 57.8 Å². The molecule has 0 unspecified atom stereocenters. The van der Waals surface area contributed by atoms with E-state index in [0.717, 1.165) is 58.0 Å². The molecular formula is C24H32N2O3. The maximum atomic E-state index is 12.6. The van der Waals surface area contributed by atoms with E-state index in [1.54, 1.807) is 0 Å². The zero-order valence-corrected chi connectivity index (χ0v) is 17.2. The van der Waals surface area contributed by atoms with Gasteiger partial charge in [0.15, 0.2) is 0 Å². The summed E-state index contributed by atoms with van der Waals surface area (Å²) in [6.45, 7) is 1.86.